The molecule has 1 aliphatic carbocycles. The van der Waals surface area contributed by atoms with Crippen LogP contribution < -0.4 is 10.0 Å². The van der Waals surface area contributed by atoms with Crippen LogP contribution in [0.1, 0.15) is 44.1 Å². The molecule has 0 spiro atoms. The van der Waals surface area contributed by atoms with E-state index in [-0.39, 0.29) is 16.9 Å². The van der Waals surface area contributed by atoms with Gasteiger partial charge >= 0.3 is 0 Å². The van der Waals surface area contributed by atoms with Gasteiger partial charge in [-0.15, -0.1) is 0 Å². The van der Waals surface area contributed by atoms with Gasteiger partial charge in [0, 0.05) is 0 Å². The molecule has 0 aromatic heterocycles. The second-order valence-electron chi connectivity index (χ2n) is 5.78. The third-order valence-electron chi connectivity index (χ3n) is 3.87. The van der Waals surface area contributed by atoms with E-state index in [0.29, 0.717) is 0 Å². The molecule has 1 aromatic carbocycles. The van der Waals surface area contributed by atoms with Crippen LogP contribution in [0.4, 0.5) is 0 Å². The number of sulfonamides is 1. The Hall–Kier alpha value is -2.07. The molecule has 1 aliphatic rings. The summed E-state index contributed by atoms with van der Waals surface area (Å²) in [5.41, 5.74) is 0.978. The molecule has 124 valence electrons. The maximum absolute atomic E-state index is 12.4. The molecule has 1 saturated carbocycles. The third-order valence-corrected chi connectivity index (χ3v) is 5.23. The fraction of sp³-hybridized carbons (Fsp3) is 0.500. The number of aliphatic imine (C=N–C) groups is 1. The number of hydrogen-bond donors (Lipinski definition) is 2. The van der Waals surface area contributed by atoms with E-state index in [1.54, 1.807) is 18.3 Å². The third kappa shape index (κ3) is 5.25. The second-order valence-corrected chi connectivity index (χ2v) is 7.46. The zero-order chi connectivity index (χ0) is 16.7. The Balaban J connectivity index is 2.17. The van der Waals surface area contributed by atoms with Crippen LogP contribution in [0.15, 0.2) is 34.2 Å². The van der Waals surface area contributed by atoms with Crippen LogP contribution in [-0.4, -0.2) is 20.4 Å². The lowest BCUT2D eigenvalue weighted by atomic mass is 10.1. The molecule has 0 aliphatic heterocycles. The van der Waals surface area contributed by atoms with Crippen molar-refractivity contribution in [1.29, 1.82) is 5.26 Å². The van der Waals surface area contributed by atoms with Crippen molar-refractivity contribution in [2.24, 2.45) is 4.99 Å². The Kier molecular flexibility index (Phi) is 5.99. The van der Waals surface area contributed by atoms with E-state index in [0.717, 1.165) is 31.2 Å². The molecule has 1 fully saturated rings. The van der Waals surface area contributed by atoms with Gasteiger partial charge < -0.3 is 0 Å². The van der Waals surface area contributed by atoms with E-state index in [4.69, 9.17) is 5.26 Å². The molecule has 0 atom stereocenters. The molecule has 23 heavy (non-hydrogen) atoms. The Morgan fingerprint density at radius 1 is 1.17 bits per heavy atom. The molecule has 7 heteroatoms. The van der Waals surface area contributed by atoms with Crippen molar-refractivity contribution in [3.63, 3.8) is 0 Å². The zero-order valence-electron chi connectivity index (χ0n) is 13.2. The van der Waals surface area contributed by atoms with E-state index in [1.165, 1.54) is 25.0 Å². The number of nitrogens with zero attached hydrogens (tertiary/aromatic N) is 2. The minimum atomic E-state index is -3.75. The summed E-state index contributed by atoms with van der Waals surface area (Å²) in [6.07, 6.45) is 8.12. The number of benzene rings is 1. The highest BCUT2D eigenvalue weighted by Crippen LogP contribution is 2.20. The van der Waals surface area contributed by atoms with Gasteiger partial charge in [-0.3, -0.25) is 5.32 Å². The van der Waals surface area contributed by atoms with E-state index in [2.05, 4.69) is 15.0 Å². The molecule has 0 bridgehead atoms. The van der Waals surface area contributed by atoms with Gasteiger partial charge in [-0.2, -0.15) is 5.26 Å². The summed E-state index contributed by atoms with van der Waals surface area (Å²) in [7, 11) is -3.75. The lowest BCUT2D eigenvalue weighted by Gasteiger charge is -2.13. The van der Waals surface area contributed by atoms with Crippen LogP contribution in [0.3, 0.4) is 0 Å². The average molecular weight is 334 g/mol. The molecular weight excluding hydrogens is 312 g/mol. The van der Waals surface area contributed by atoms with E-state index >= 15 is 0 Å². The van der Waals surface area contributed by atoms with Gasteiger partial charge in [0.05, 0.1) is 10.9 Å². The van der Waals surface area contributed by atoms with E-state index < -0.39 is 10.0 Å². The van der Waals surface area contributed by atoms with Crippen molar-refractivity contribution in [2.75, 3.05) is 0 Å². The van der Waals surface area contributed by atoms with Gasteiger partial charge in [0.2, 0.25) is 5.96 Å². The fourth-order valence-corrected chi connectivity index (χ4v) is 3.58. The minimum Gasteiger partial charge on any atom is -0.262 e. The Labute approximate surface area is 137 Å². The topological polar surface area (TPSA) is 94.3 Å². The van der Waals surface area contributed by atoms with Gasteiger partial charge in [0.15, 0.2) is 6.19 Å². The largest absolute Gasteiger partial charge is 0.264 e. The standard InChI is InChI=1S/C16H22N4O2S/c1-13-8-10-15(11-9-13)23(21,22)20-16(18-12-17)19-14-6-4-2-3-5-7-14/h8-11,14H,2-7H2,1H3,(H2,18,19,20). The minimum absolute atomic E-state index is 0.0000231. The summed E-state index contributed by atoms with van der Waals surface area (Å²) >= 11 is 0. The molecule has 0 heterocycles. The van der Waals surface area contributed by atoms with Gasteiger partial charge in [-0.25, -0.2) is 18.1 Å². The summed E-state index contributed by atoms with van der Waals surface area (Å²) in [6, 6.07) is 6.58. The van der Waals surface area contributed by atoms with Crippen LogP contribution >= 0.6 is 0 Å². The molecule has 0 amide bonds. The summed E-state index contributed by atoms with van der Waals surface area (Å²) in [5.74, 6) is -0.0000231. The van der Waals surface area contributed by atoms with Crippen LogP contribution in [0.25, 0.3) is 0 Å². The smallest absolute Gasteiger partial charge is 0.262 e. The number of nitrogens with one attached hydrogen (secondary N) is 2. The molecule has 2 rings (SSSR count). The molecule has 2 N–H and O–H groups in total. The fourth-order valence-electron chi connectivity index (χ4n) is 2.61. The first-order chi connectivity index (χ1) is 11.0. The van der Waals surface area contributed by atoms with Crippen molar-refractivity contribution >= 4 is 16.0 Å². The predicted octanol–water partition coefficient (Wildman–Crippen LogP) is 2.42. The number of nitriles is 1. The number of aryl methyl sites for hydroxylation is 1. The van der Waals surface area contributed by atoms with Crippen molar-refractivity contribution in [1.82, 2.24) is 10.0 Å². The Morgan fingerprint density at radius 2 is 1.78 bits per heavy atom. The molecule has 1 aromatic rings. The Morgan fingerprint density at radius 3 is 2.35 bits per heavy atom. The lowest BCUT2D eigenvalue weighted by Crippen LogP contribution is -2.39. The molecule has 0 saturated heterocycles. The monoisotopic (exact) mass is 334 g/mol. The summed E-state index contributed by atoms with van der Waals surface area (Å²) in [4.78, 5) is 4.56. The first-order valence-corrected chi connectivity index (χ1v) is 9.32. The normalized spacial score (nSPS) is 17.1. The molecule has 0 unspecified atom stereocenters. The lowest BCUT2D eigenvalue weighted by molar-refractivity contribution is 0.578. The number of guanidine groups is 1. The number of hydrogen-bond acceptors (Lipinski definition) is 4. The summed E-state index contributed by atoms with van der Waals surface area (Å²) in [6.45, 7) is 1.89. The second kappa shape index (κ2) is 7.97. The van der Waals surface area contributed by atoms with Crippen molar-refractivity contribution in [2.45, 2.75) is 56.4 Å². The van der Waals surface area contributed by atoms with Crippen LogP contribution in [-0.2, 0) is 10.0 Å². The van der Waals surface area contributed by atoms with Crippen LogP contribution in [0, 0.1) is 18.4 Å². The maximum atomic E-state index is 12.4. The zero-order valence-corrected chi connectivity index (χ0v) is 14.1. The summed E-state index contributed by atoms with van der Waals surface area (Å²) in [5, 5.41) is 11.2. The van der Waals surface area contributed by atoms with Gasteiger partial charge in [0.25, 0.3) is 10.0 Å². The average Bonchev–Trinajstić information content (AvgIpc) is 2.76. The highest BCUT2D eigenvalue weighted by molar-refractivity contribution is 7.90. The maximum Gasteiger partial charge on any atom is 0.264 e. The van der Waals surface area contributed by atoms with E-state index in [9.17, 15) is 8.42 Å². The van der Waals surface area contributed by atoms with Crippen molar-refractivity contribution in [3.05, 3.63) is 29.8 Å². The summed E-state index contributed by atoms with van der Waals surface area (Å²) < 4.78 is 27.2. The van der Waals surface area contributed by atoms with Crippen LogP contribution in [0.5, 0.6) is 0 Å². The van der Waals surface area contributed by atoms with Gasteiger partial charge in [-0.1, -0.05) is 43.4 Å². The van der Waals surface area contributed by atoms with Gasteiger partial charge in [-0.05, 0) is 31.9 Å². The molecule has 6 nitrogen and oxygen atoms in total. The predicted molar refractivity (Wildman–Crippen MR) is 89.2 cm³/mol. The number of rotatable bonds is 3. The first-order valence-electron chi connectivity index (χ1n) is 7.83. The van der Waals surface area contributed by atoms with Crippen molar-refractivity contribution < 1.29 is 8.42 Å². The molecule has 0 radical (unpaired) electrons. The van der Waals surface area contributed by atoms with Crippen LogP contribution in [0.2, 0.25) is 0 Å². The quantitative estimate of drug-likeness (QED) is 0.292. The Bertz CT molecular complexity index is 682. The highest BCUT2D eigenvalue weighted by atomic mass is 32.2. The van der Waals surface area contributed by atoms with Gasteiger partial charge in [0.1, 0.15) is 0 Å². The molecular formula is C16H22N4O2S. The van der Waals surface area contributed by atoms with Crippen molar-refractivity contribution in [3.8, 4) is 6.19 Å². The first kappa shape index (κ1) is 17.3. The SMILES string of the molecule is Cc1ccc(S(=O)(=O)NC(=NC2CCCCCC2)NC#N)cc1. The van der Waals surface area contributed by atoms with E-state index in [1.807, 2.05) is 6.92 Å². The highest BCUT2D eigenvalue weighted by Gasteiger charge is 2.18.